The summed E-state index contributed by atoms with van der Waals surface area (Å²) >= 11 is 6.07. The molecule has 148 valence electrons. The predicted molar refractivity (Wildman–Crippen MR) is 112 cm³/mol. The maximum absolute atomic E-state index is 11.9. The fraction of sp³-hybridized carbons (Fsp3) is 0.381. The molecule has 0 bridgehead atoms. The molecule has 0 radical (unpaired) electrons. The smallest absolute Gasteiger partial charge is 0.244 e. The second-order valence-corrected chi connectivity index (χ2v) is 7.06. The van der Waals surface area contributed by atoms with Crippen LogP contribution in [-0.2, 0) is 4.79 Å². The molecule has 3 rings (SSSR count). The van der Waals surface area contributed by atoms with Gasteiger partial charge >= 0.3 is 0 Å². The molecule has 0 spiro atoms. The van der Waals surface area contributed by atoms with Gasteiger partial charge in [-0.25, -0.2) is 4.98 Å². The first-order valence-electron chi connectivity index (χ1n) is 9.56. The number of hydrogen-bond donors (Lipinski definition) is 1. The third-order valence-electron chi connectivity index (χ3n) is 4.45. The molecule has 0 unspecified atom stereocenters. The standard InChI is InChI=1S/C21H25ClN4O2/c1-16-24-19(26-12-5-2-6-13-26)15-21(25-16)28-14-11-23-20(27)10-9-17-7-3-4-8-18(17)22/h3-4,7-10,15H,2,5-6,11-14H2,1H3,(H,23,27). The molecule has 1 amide bonds. The van der Waals surface area contributed by atoms with Crippen LogP contribution in [0.15, 0.2) is 36.4 Å². The summed E-state index contributed by atoms with van der Waals surface area (Å²) in [4.78, 5) is 23.0. The Morgan fingerprint density at radius 3 is 2.82 bits per heavy atom. The molecule has 1 aliphatic heterocycles. The van der Waals surface area contributed by atoms with Crippen LogP contribution in [0.1, 0.15) is 30.7 Å². The van der Waals surface area contributed by atoms with Gasteiger partial charge in [0.1, 0.15) is 18.2 Å². The first kappa shape index (κ1) is 20.1. The summed E-state index contributed by atoms with van der Waals surface area (Å²) in [6.45, 7) is 4.62. The van der Waals surface area contributed by atoms with Gasteiger partial charge in [-0.2, -0.15) is 4.98 Å². The Labute approximate surface area is 170 Å². The summed E-state index contributed by atoms with van der Waals surface area (Å²) < 4.78 is 5.71. The molecule has 0 aliphatic carbocycles. The number of rotatable bonds is 7. The van der Waals surface area contributed by atoms with Gasteiger partial charge in [-0.1, -0.05) is 29.8 Å². The number of carbonyl (C=O) groups excluding carboxylic acids is 1. The molecule has 1 N–H and O–H groups in total. The Hall–Kier alpha value is -2.60. The molecule has 1 fully saturated rings. The predicted octanol–water partition coefficient (Wildman–Crippen LogP) is 3.64. The lowest BCUT2D eigenvalue weighted by molar-refractivity contribution is -0.116. The van der Waals surface area contributed by atoms with Crippen molar-refractivity contribution in [2.24, 2.45) is 0 Å². The van der Waals surface area contributed by atoms with E-state index < -0.39 is 0 Å². The number of nitrogens with one attached hydrogen (secondary N) is 1. The highest BCUT2D eigenvalue weighted by Gasteiger charge is 2.14. The Morgan fingerprint density at radius 2 is 2.04 bits per heavy atom. The lowest BCUT2D eigenvalue weighted by Gasteiger charge is -2.28. The van der Waals surface area contributed by atoms with E-state index in [0.717, 1.165) is 24.5 Å². The highest BCUT2D eigenvalue weighted by Crippen LogP contribution is 2.21. The van der Waals surface area contributed by atoms with E-state index in [1.807, 2.05) is 31.2 Å². The number of anilines is 1. The van der Waals surface area contributed by atoms with E-state index in [4.69, 9.17) is 16.3 Å². The molecular formula is C21H25ClN4O2. The molecule has 28 heavy (non-hydrogen) atoms. The third-order valence-corrected chi connectivity index (χ3v) is 4.80. The largest absolute Gasteiger partial charge is 0.476 e. The molecule has 0 saturated carbocycles. The van der Waals surface area contributed by atoms with Crippen molar-refractivity contribution >= 4 is 29.4 Å². The van der Waals surface area contributed by atoms with E-state index in [2.05, 4.69) is 20.2 Å². The molecule has 1 saturated heterocycles. The topological polar surface area (TPSA) is 67.3 Å². The Balaban J connectivity index is 1.46. The molecule has 7 heteroatoms. The number of aryl methyl sites for hydroxylation is 1. The van der Waals surface area contributed by atoms with Crippen LogP contribution < -0.4 is 15.0 Å². The van der Waals surface area contributed by atoms with Crippen LogP contribution in [0.25, 0.3) is 6.08 Å². The van der Waals surface area contributed by atoms with Crippen molar-refractivity contribution in [2.45, 2.75) is 26.2 Å². The fourth-order valence-corrected chi connectivity index (χ4v) is 3.25. The summed E-state index contributed by atoms with van der Waals surface area (Å²) in [7, 11) is 0. The number of hydrogen-bond acceptors (Lipinski definition) is 5. The van der Waals surface area contributed by atoms with E-state index in [-0.39, 0.29) is 5.91 Å². The highest BCUT2D eigenvalue weighted by atomic mass is 35.5. The molecule has 0 atom stereocenters. The normalized spacial score (nSPS) is 14.3. The number of ether oxygens (including phenoxy) is 1. The lowest BCUT2D eigenvalue weighted by Crippen LogP contribution is -2.30. The number of halogens is 1. The summed E-state index contributed by atoms with van der Waals surface area (Å²) in [6, 6.07) is 9.24. The number of benzene rings is 1. The second kappa shape index (κ2) is 10.1. The van der Waals surface area contributed by atoms with Crippen LogP contribution in [0.5, 0.6) is 5.88 Å². The van der Waals surface area contributed by atoms with Crippen LogP contribution >= 0.6 is 11.6 Å². The van der Waals surface area contributed by atoms with Gasteiger partial charge in [0.05, 0.1) is 6.54 Å². The minimum atomic E-state index is -0.198. The zero-order valence-electron chi connectivity index (χ0n) is 16.0. The van der Waals surface area contributed by atoms with Gasteiger partial charge in [-0.05, 0) is 43.9 Å². The van der Waals surface area contributed by atoms with E-state index in [1.165, 1.54) is 25.3 Å². The van der Waals surface area contributed by atoms with Gasteiger partial charge < -0.3 is 15.0 Å². The summed E-state index contributed by atoms with van der Waals surface area (Å²) in [5.41, 5.74) is 0.803. The molecule has 6 nitrogen and oxygen atoms in total. The third kappa shape index (κ3) is 5.96. The first-order chi connectivity index (χ1) is 13.6. The summed E-state index contributed by atoms with van der Waals surface area (Å²) in [6.07, 6.45) is 6.80. The zero-order valence-corrected chi connectivity index (χ0v) is 16.8. The van der Waals surface area contributed by atoms with Crippen molar-refractivity contribution < 1.29 is 9.53 Å². The van der Waals surface area contributed by atoms with Crippen LogP contribution in [0.4, 0.5) is 5.82 Å². The van der Waals surface area contributed by atoms with Crippen molar-refractivity contribution in [3.63, 3.8) is 0 Å². The van der Waals surface area contributed by atoms with Crippen molar-refractivity contribution in [3.8, 4) is 5.88 Å². The first-order valence-corrected chi connectivity index (χ1v) is 9.93. The Morgan fingerprint density at radius 1 is 1.25 bits per heavy atom. The molecule has 2 heterocycles. The Bertz CT molecular complexity index is 835. The van der Waals surface area contributed by atoms with E-state index in [0.29, 0.717) is 29.9 Å². The number of nitrogens with zero attached hydrogens (tertiary/aromatic N) is 3. The van der Waals surface area contributed by atoms with Gasteiger partial charge in [0.15, 0.2) is 0 Å². The molecular weight excluding hydrogens is 376 g/mol. The summed E-state index contributed by atoms with van der Waals surface area (Å²) in [5.74, 6) is 1.93. The maximum atomic E-state index is 11.9. The second-order valence-electron chi connectivity index (χ2n) is 6.65. The van der Waals surface area contributed by atoms with E-state index in [1.54, 1.807) is 12.1 Å². The van der Waals surface area contributed by atoms with Crippen LogP contribution in [0.3, 0.4) is 0 Å². The maximum Gasteiger partial charge on any atom is 0.244 e. The minimum Gasteiger partial charge on any atom is -0.476 e. The molecule has 1 aliphatic rings. The van der Waals surface area contributed by atoms with Gasteiger partial charge in [0.2, 0.25) is 11.8 Å². The van der Waals surface area contributed by atoms with Gasteiger partial charge in [0.25, 0.3) is 0 Å². The van der Waals surface area contributed by atoms with Gasteiger partial charge in [-0.15, -0.1) is 0 Å². The van der Waals surface area contributed by atoms with Crippen molar-refractivity contribution in [2.75, 3.05) is 31.1 Å². The number of piperidine rings is 1. The number of amides is 1. The van der Waals surface area contributed by atoms with Crippen molar-refractivity contribution in [1.82, 2.24) is 15.3 Å². The van der Waals surface area contributed by atoms with Crippen LogP contribution in [0.2, 0.25) is 5.02 Å². The monoisotopic (exact) mass is 400 g/mol. The number of carbonyl (C=O) groups is 1. The van der Waals surface area contributed by atoms with Crippen molar-refractivity contribution in [3.05, 3.63) is 52.8 Å². The quantitative estimate of drug-likeness (QED) is 0.567. The molecule has 2 aromatic rings. The van der Waals surface area contributed by atoms with E-state index in [9.17, 15) is 4.79 Å². The minimum absolute atomic E-state index is 0.198. The van der Waals surface area contributed by atoms with Crippen LogP contribution in [0, 0.1) is 6.92 Å². The molecule has 1 aromatic heterocycles. The van der Waals surface area contributed by atoms with Gasteiger partial charge in [-0.3, -0.25) is 4.79 Å². The van der Waals surface area contributed by atoms with Crippen molar-refractivity contribution in [1.29, 1.82) is 0 Å². The van der Waals surface area contributed by atoms with E-state index >= 15 is 0 Å². The lowest BCUT2D eigenvalue weighted by atomic mass is 10.1. The average molecular weight is 401 g/mol. The van der Waals surface area contributed by atoms with Crippen LogP contribution in [-0.4, -0.2) is 42.1 Å². The van der Waals surface area contributed by atoms with Gasteiger partial charge in [0, 0.05) is 30.3 Å². The Kier molecular flexibility index (Phi) is 7.25. The SMILES string of the molecule is Cc1nc(OCCNC(=O)C=Cc2ccccc2Cl)cc(N2CCCCC2)n1. The zero-order chi connectivity index (χ0) is 19.8. The molecule has 1 aromatic carbocycles. The fourth-order valence-electron chi connectivity index (χ4n) is 3.05. The summed E-state index contributed by atoms with van der Waals surface area (Å²) in [5, 5.41) is 3.40. The average Bonchev–Trinajstić information content (AvgIpc) is 2.71. The highest BCUT2D eigenvalue weighted by molar-refractivity contribution is 6.32. The number of aromatic nitrogens is 2.